The highest BCUT2D eigenvalue weighted by Crippen LogP contribution is 2.45. The van der Waals surface area contributed by atoms with Crippen molar-refractivity contribution in [3.05, 3.63) is 0 Å². The van der Waals surface area contributed by atoms with Crippen molar-refractivity contribution >= 4 is 5.78 Å². The number of ether oxygens (including phenoxy) is 6. The number of methoxy groups -OCH3 is 1. The van der Waals surface area contributed by atoms with E-state index in [-0.39, 0.29) is 25.3 Å². The molecule has 7 heteroatoms. The average Bonchev–Trinajstić information content (AvgIpc) is 2.90. The normalized spacial score (nSPS) is 42.8. The second kappa shape index (κ2) is 5.22. The molecule has 0 aromatic heterocycles. The van der Waals surface area contributed by atoms with Crippen molar-refractivity contribution in [1.29, 1.82) is 0 Å². The number of hydrogen-bond donors (Lipinski definition) is 0. The highest BCUT2D eigenvalue weighted by atomic mass is 16.8. The fourth-order valence-electron chi connectivity index (χ4n) is 3.42. The standard InChI is InChI=1S/C15H24O7/c1-13(2)19-7-15(22-13)6-9(18-8-17-5)10-11(12(15)16)21-14(3,4)20-10/h9-11H,6-8H2,1-5H3/t9-,10+,11?,15-/m1/s1. The van der Waals surface area contributed by atoms with Gasteiger partial charge in [0.1, 0.15) is 12.9 Å². The molecular weight excluding hydrogens is 292 g/mol. The number of ketones is 1. The Balaban J connectivity index is 1.88. The van der Waals surface area contributed by atoms with Crippen LogP contribution in [-0.2, 0) is 33.2 Å². The van der Waals surface area contributed by atoms with Crippen LogP contribution in [0, 0.1) is 0 Å². The molecule has 0 N–H and O–H groups in total. The number of Topliss-reactive ketones (excluding diaryl/α,β-unsaturated/α-hetero) is 1. The summed E-state index contributed by atoms with van der Waals surface area (Å²) in [4.78, 5) is 12.9. The van der Waals surface area contributed by atoms with Crippen molar-refractivity contribution in [3.63, 3.8) is 0 Å². The SMILES string of the molecule is COCO[C@@H]1C[C@@]2(COC(C)(C)O2)C(=O)C2OC(C)(C)O[C@H]21. The second-order valence-electron chi connectivity index (χ2n) is 6.99. The van der Waals surface area contributed by atoms with Gasteiger partial charge in [-0.25, -0.2) is 0 Å². The molecule has 4 atom stereocenters. The van der Waals surface area contributed by atoms with E-state index in [1.54, 1.807) is 34.8 Å². The minimum atomic E-state index is -1.05. The van der Waals surface area contributed by atoms with Crippen molar-refractivity contribution in [3.8, 4) is 0 Å². The summed E-state index contributed by atoms with van der Waals surface area (Å²) in [5, 5.41) is 0. The molecule has 2 aliphatic heterocycles. The van der Waals surface area contributed by atoms with E-state index in [4.69, 9.17) is 28.4 Å². The summed E-state index contributed by atoms with van der Waals surface area (Å²) in [5.41, 5.74) is -1.05. The first-order valence-corrected chi connectivity index (χ1v) is 7.53. The Labute approximate surface area is 130 Å². The second-order valence-corrected chi connectivity index (χ2v) is 6.99. The first-order valence-electron chi connectivity index (χ1n) is 7.53. The number of carbonyl (C=O) groups excluding carboxylic acids is 1. The van der Waals surface area contributed by atoms with Gasteiger partial charge in [0.05, 0.1) is 12.7 Å². The third-order valence-corrected chi connectivity index (χ3v) is 4.23. The van der Waals surface area contributed by atoms with Crippen LogP contribution in [0.25, 0.3) is 0 Å². The minimum absolute atomic E-state index is 0.117. The summed E-state index contributed by atoms with van der Waals surface area (Å²) in [6.07, 6.45) is -1.18. The van der Waals surface area contributed by atoms with Gasteiger partial charge >= 0.3 is 0 Å². The third kappa shape index (κ3) is 2.70. The number of rotatable bonds is 3. The molecule has 1 spiro atoms. The Hall–Kier alpha value is -0.570. The maximum atomic E-state index is 12.9. The van der Waals surface area contributed by atoms with Gasteiger partial charge in [-0.1, -0.05) is 0 Å². The molecule has 22 heavy (non-hydrogen) atoms. The van der Waals surface area contributed by atoms with Gasteiger partial charge in [-0.05, 0) is 27.7 Å². The fourth-order valence-corrected chi connectivity index (χ4v) is 3.42. The van der Waals surface area contributed by atoms with Crippen LogP contribution in [-0.4, -0.2) is 61.8 Å². The number of hydrogen-bond acceptors (Lipinski definition) is 7. The zero-order valence-electron chi connectivity index (χ0n) is 13.7. The highest BCUT2D eigenvalue weighted by molar-refractivity contribution is 5.93. The van der Waals surface area contributed by atoms with Crippen LogP contribution in [0.1, 0.15) is 34.1 Å². The lowest BCUT2D eigenvalue weighted by Gasteiger charge is -2.40. The van der Waals surface area contributed by atoms with Crippen LogP contribution in [0.3, 0.4) is 0 Å². The lowest BCUT2D eigenvalue weighted by atomic mass is 9.79. The molecule has 7 nitrogen and oxygen atoms in total. The molecule has 2 heterocycles. The Bertz CT molecular complexity index is 461. The van der Waals surface area contributed by atoms with E-state index in [1.807, 2.05) is 0 Å². The van der Waals surface area contributed by atoms with Crippen LogP contribution in [0.2, 0.25) is 0 Å². The van der Waals surface area contributed by atoms with E-state index in [0.717, 1.165) is 0 Å². The van der Waals surface area contributed by atoms with Crippen molar-refractivity contribution in [2.45, 2.75) is 69.6 Å². The number of fused-ring (bicyclic) bond motifs is 1. The summed E-state index contributed by atoms with van der Waals surface area (Å²) in [6, 6.07) is 0. The summed E-state index contributed by atoms with van der Waals surface area (Å²) < 4.78 is 34.0. The maximum absolute atomic E-state index is 12.9. The molecule has 1 unspecified atom stereocenters. The fraction of sp³-hybridized carbons (Fsp3) is 0.933. The van der Waals surface area contributed by atoms with Gasteiger partial charge in [0.15, 0.2) is 29.1 Å². The van der Waals surface area contributed by atoms with Gasteiger partial charge in [0.25, 0.3) is 0 Å². The molecule has 0 amide bonds. The molecule has 0 aromatic rings. The van der Waals surface area contributed by atoms with Crippen molar-refractivity contribution in [2.75, 3.05) is 20.5 Å². The van der Waals surface area contributed by atoms with Gasteiger partial charge < -0.3 is 28.4 Å². The Morgan fingerprint density at radius 2 is 1.91 bits per heavy atom. The van der Waals surface area contributed by atoms with E-state index < -0.39 is 29.4 Å². The Kier molecular flexibility index (Phi) is 3.87. The van der Waals surface area contributed by atoms with E-state index >= 15 is 0 Å². The van der Waals surface area contributed by atoms with Crippen LogP contribution in [0.4, 0.5) is 0 Å². The smallest absolute Gasteiger partial charge is 0.198 e. The quantitative estimate of drug-likeness (QED) is 0.719. The lowest BCUT2D eigenvalue weighted by molar-refractivity contribution is -0.204. The average molecular weight is 316 g/mol. The van der Waals surface area contributed by atoms with E-state index in [0.29, 0.717) is 6.42 Å². The Morgan fingerprint density at radius 1 is 1.18 bits per heavy atom. The number of carbonyl (C=O) groups is 1. The van der Waals surface area contributed by atoms with E-state index in [2.05, 4.69) is 0 Å². The molecule has 3 fully saturated rings. The van der Waals surface area contributed by atoms with Gasteiger partial charge in [-0.3, -0.25) is 4.79 Å². The van der Waals surface area contributed by atoms with Crippen molar-refractivity contribution < 1.29 is 33.2 Å². The summed E-state index contributed by atoms with van der Waals surface area (Å²) in [7, 11) is 1.55. The van der Waals surface area contributed by atoms with Gasteiger partial charge in [-0.15, -0.1) is 0 Å². The van der Waals surface area contributed by atoms with Crippen LogP contribution < -0.4 is 0 Å². The van der Waals surface area contributed by atoms with Gasteiger partial charge in [-0.2, -0.15) is 0 Å². The van der Waals surface area contributed by atoms with Crippen molar-refractivity contribution in [1.82, 2.24) is 0 Å². The minimum Gasteiger partial charge on any atom is -0.359 e. The van der Waals surface area contributed by atoms with Gasteiger partial charge in [0.2, 0.25) is 0 Å². The van der Waals surface area contributed by atoms with Crippen molar-refractivity contribution in [2.24, 2.45) is 0 Å². The molecule has 3 aliphatic rings. The molecule has 0 aromatic carbocycles. The lowest BCUT2D eigenvalue weighted by Crippen LogP contribution is -2.61. The highest BCUT2D eigenvalue weighted by Gasteiger charge is 2.64. The molecule has 2 saturated heterocycles. The largest absolute Gasteiger partial charge is 0.359 e. The first-order chi connectivity index (χ1) is 10.2. The molecule has 0 radical (unpaired) electrons. The van der Waals surface area contributed by atoms with E-state index in [1.165, 1.54) is 0 Å². The maximum Gasteiger partial charge on any atom is 0.198 e. The van der Waals surface area contributed by atoms with Crippen LogP contribution in [0.5, 0.6) is 0 Å². The van der Waals surface area contributed by atoms with Crippen LogP contribution >= 0.6 is 0 Å². The van der Waals surface area contributed by atoms with Crippen LogP contribution in [0.15, 0.2) is 0 Å². The topological polar surface area (TPSA) is 72.5 Å². The van der Waals surface area contributed by atoms with E-state index in [9.17, 15) is 4.79 Å². The predicted octanol–water partition coefficient (Wildman–Crippen LogP) is 0.990. The molecule has 1 aliphatic carbocycles. The molecule has 0 bridgehead atoms. The summed E-state index contributed by atoms with van der Waals surface area (Å²) in [5.74, 6) is -1.77. The van der Waals surface area contributed by atoms with Gasteiger partial charge in [0, 0.05) is 13.5 Å². The predicted molar refractivity (Wildman–Crippen MR) is 74.0 cm³/mol. The zero-order valence-corrected chi connectivity index (χ0v) is 13.7. The molecule has 126 valence electrons. The Morgan fingerprint density at radius 3 is 2.50 bits per heavy atom. The molecule has 3 rings (SSSR count). The molecular formula is C15H24O7. The summed E-state index contributed by atoms with van der Waals surface area (Å²) >= 11 is 0. The summed E-state index contributed by atoms with van der Waals surface area (Å²) in [6.45, 7) is 7.47. The first kappa shape index (κ1) is 16.3. The molecule has 1 saturated carbocycles. The zero-order chi connectivity index (χ0) is 16.2. The third-order valence-electron chi connectivity index (χ3n) is 4.23. The monoisotopic (exact) mass is 316 g/mol.